The van der Waals surface area contributed by atoms with Crippen LogP contribution in [-0.4, -0.2) is 43.5 Å². The van der Waals surface area contributed by atoms with Crippen molar-refractivity contribution < 1.29 is 23.5 Å². The monoisotopic (exact) mass is 400 g/mol. The molecule has 2 aromatic carbocycles. The van der Waals surface area contributed by atoms with Crippen LogP contribution in [-0.2, 0) is 4.79 Å². The van der Waals surface area contributed by atoms with Crippen LogP contribution in [0.4, 0.5) is 10.1 Å². The Morgan fingerprint density at radius 1 is 1.00 bits per heavy atom. The maximum atomic E-state index is 12.9. The molecule has 3 rings (SSSR count). The van der Waals surface area contributed by atoms with Gasteiger partial charge < -0.3 is 19.7 Å². The molecule has 6 nitrogen and oxygen atoms in total. The highest BCUT2D eigenvalue weighted by Gasteiger charge is 2.19. The van der Waals surface area contributed by atoms with Crippen LogP contribution in [0.25, 0.3) is 0 Å². The molecule has 1 aliphatic heterocycles. The minimum Gasteiger partial charge on any atom is -0.493 e. The summed E-state index contributed by atoms with van der Waals surface area (Å²) in [6, 6.07) is 10.4. The summed E-state index contributed by atoms with van der Waals surface area (Å²) in [5.41, 5.74) is 1.01. The van der Waals surface area contributed by atoms with Gasteiger partial charge >= 0.3 is 0 Å². The molecular formula is C22H25FN2O4. The van der Waals surface area contributed by atoms with Gasteiger partial charge in [-0.2, -0.15) is 0 Å². The molecule has 7 heteroatoms. The molecule has 1 aliphatic rings. The second kappa shape index (κ2) is 9.91. The topological polar surface area (TPSA) is 67.9 Å². The van der Waals surface area contributed by atoms with Crippen molar-refractivity contribution in [2.24, 2.45) is 0 Å². The van der Waals surface area contributed by atoms with Crippen molar-refractivity contribution in [2.45, 2.75) is 25.7 Å². The number of rotatable bonds is 6. The third kappa shape index (κ3) is 5.70. The van der Waals surface area contributed by atoms with Gasteiger partial charge in [-0.1, -0.05) is 12.8 Å². The third-order valence-corrected chi connectivity index (χ3v) is 4.79. The van der Waals surface area contributed by atoms with Crippen LogP contribution in [0.15, 0.2) is 42.5 Å². The summed E-state index contributed by atoms with van der Waals surface area (Å²) in [7, 11) is 1.49. The zero-order valence-corrected chi connectivity index (χ0v) is 16.4. The van der Waals surface area contributed by atoms with Gasteiger partial charge in [-0.25, -0.2) is 4.39 Å². The number of carbonyl (C=O) groups is 2. The molecule has 1 saturated heterocycles. The first kappa shape index (κ1) is 20.6. The number of benzene rings is 2. The molecule has 1 heterocycles. The third-order valence-electron chi connectivity index (χ3n) is 4.79. The fourth-order valence-electron chi connectivity index (χ4n) is 3.25. The van der Waals surface area contributed by atoms with E-state index < -0.39 is 0 Å². The first-order valence-corrected chi connectivity index (χ1v) is 9.72. The molecule has 0 spiro atoms. The van der Waals surface area contributed by atoms with Crippen LogP contribution in [0, 0.1) is 5.82 Å². The fraction of sp³-hybridized carbons (Fsp3) is 0.364. The Morgan fingerprint density at radius 3 is 2.34 bits per heavy atom. The molecule has 154 valence electrons. The van der Waals surface area contributed by atoms with Crippen molar-refractivity contribution in [3.63, 3.8) is 0 Å². The zero-order valence-electron chi connectivity index (χ0n) is 16.4. The number of ether oxygens (including phenoxy) is 2. The lowest BCUT2D eigenvalue weighted by Crippen LogP contribution is -2.31. The Balaban J connectivity index is 1.61. The molecule has 0 atom stereocenters. The van der Waals surface area contributed by atoms with Crippen molar-refractivity contribution in [1.82, 2.24) is 4.90 Å². The van der Waals surface area contributed by atoms with Crippen LogP contribution in [0.5, 0.6) is 11.5 Å². The van der Waals surface area contributed by atoms with Gasteiger partial charge in [0.05, 0.1) is 7.11 Å². The Labute approximate surface area is 169 Å². The molecule has 0 saturated carbocycles. The number of anilines is 1. The van der Waals surface area contributed by atoms with Gasteiger partial charge in [0.1, 0.15) is 5.82 Å². The van der Waals surface area contributed by atoms with Crippen molar-refractivity contribution in [3.05, 3.63) is 53.8 Å². The van der Waals surface area contributed by atoms with Gasteiger partial charge in [-0.15, -0.1) is 0 Å². The van der Waals surface area contributed by atoms with Crippen LogP contribution in [0.2, 0.25) is 0 Å². The Morgan fingerprint density at radius 2 is 1.69 bits per heavy atom. The van der Waals surface area contributed by atoms with Crippen LogP contribution >= 0.6 is 0 Å². The van der Waals surface area contributed by atoms with E-state index in [4.69, 9.17) is 9.47 Å². The lowest BCUT2D eigenvalue weighted by molar-refractivity contribution is -0.118. The van der Waals surface area contributed by atoms with Crippen molar-refractivity contribution in [1.29, 1.82) is 0 Å². The summed E-state index contributed by atoms with van der Waals surface area (Å²) < 4.78 is 23.8. The summed E-state index contributed by atoms with van der Waals surface area (Å²) in [5.74, 6) is -0.0255. The minimum absolute atomic E-state index is 0.0224. The number of hydrogen-bond acceptors (Lipinski definition) is 4. The second-order valence-electron chi connectivity index (χ2n) is 6.92. The number of amides is 2. The highest BCUT2D eigenvalue weighted by molar-refractivity contribution is 5.95. The zero-order chi connectivity index (χ0) is 20.6. The Hall–Kier alpha value is -3.09. The number of nitrogens with zero attached hydrogens (tertiary/aromatic N) is 1. The molecule has 2 aromatic rings. The van der Waals surface area contributed by atoms with E-state index in [-0.39, 0.29) is 24.2 Å². The van der Waals surface area contributed by atoms with Gasteiger partial charge in [0.15, 0.2) is 18.1 Å². The molecule has 0 radical (unpaired) electrons. The number of hydrogen-bond donors (Lipinski definition) is 1. The smallest absolute Gasteiger partial charge is 0.262 e. The van der Waals surface area contributed by atoms with Crippen molar-refractivity contribution in [3.8, 4) is 11.5 Å². The van der Waals surface area contributed by atoms with Crippen molar-refractivity contribution >= 4 is 17.5 Å². The molecule has 0 aliphatic carbocycles. The van der Waals surface area contributed by atoms with E-state index in [9.17, 15) is 14.0 Å². The number of carbonyl (C=O) groups excluding carboxylic acids is 2. The van der Waals surface area contributed by atoms with E-state index in [1.165, 1.54) is 31.4 Å². The lowest BCUT2D eigenvalue weighted by atomic mass is 10.1. The van der Waals surface area contributed by atoms with Crippen LogP contribution in [0.1, 0.15) is 36.0 Å². The highest BCUT2D eigenvalue weighted by Crippen LogP contribution is 2.29. The SMILES string of the molecule is COc1cc(C(=O)N2CCCCCC2)ccc1OCC(=O)Nc1ccc(F)cc1. The first-order valence-electron chi connectivity index (χ1n) is 9.72. The van der Waals surface area contributed by atoms with E-state index >= 15 is 0 Å². The molecule has 0 bridgehead atoms. The molecule has 1 fully saturated rings. The van der Waals surface area contributed by atoms with E-state index in [0.29, 0.717) is 22.7 Å². The maximum absolute atomic E-state index is 12.9. The number of likely N-dealkylation sites (tertiary alicyclic amines) is 1. The number of nitrogens with one attached hydrogen (secondary N) is 1. The van der Waals surface area contributed by atoms with Crippen LogP contribution in [0.3, 0.4) is 0 Å². The summed E-state index contributed by atoms with van der Waals surface area (Å²) in [6.45, 7) is 1.29. The number of halogens is 1. The van der Waals surface area contributed by atoms with Gasteiger partial charge in [-0.3, -0.25) is 9.59 Å². The molecule has 29 heavy (non-hydrogen) atoms. The predicted molar refractivity (Wildman–Crippen MR) is 108 cm³/mol. The molecule has 0 unspecified atom stereocenters. The fourth-order valence-corrected chi connectivity index (χ4v) is 3.25. The average molecular weight is 400 g/mol. The standard InChI is InChI=1S/C22H25FN2O4/c1-28-20-14-16(22(27)25-12-4-2-3-5-13-25)6-11-19(20)29-15-21(26)24-18-9-7-17(23)8-10-18/h6-11,14H,2-5,12-13,15H2,1H3,(H,24,26). The van der Waals surface area contributed by atoms with Gasteiger partial charge in [-0.05, 0) is 55.3 Å². The summed E-state index contributed by atoms with van der Waals surface area (Å²) in [5, 5.41) is 2.62. The van der Waals surface area contributed by atoms with E-state index in [0.717, 1.165) is 38.8 Å². The molecule has 2 amide bonds. The van der Waals surface area contributed by atoms with E-state index in [1.54, 1.807) is 18.2 Å². The molecule has 1 N–H and O–H groups in total. The van der Waals surface area contributed by atoms with Gasteiger partial charge in [0, 0.05) is 24.3 Å². The Bertz CT molecular complexity index is 846. The summed E-state index contributed by atoms with van der Waals surface area (Å²) >= 11 is 0. The quantitative estimate of drug-likeness (QED) is 0.799. The average Bonchev–Trinajstić information content (AvgIpc) is 3.03. The molecular weight excluding hydrogens is 375 g/mol. The highest BCUT2D eigenvalue weighted by atomic mass is 19.1. The number of methoxy groups -OCH3 is 1. The second-order valence-corrected chi connectivity index (χ2v) is 6.92. The maximum Gasteiger partial charge on any atom is 0.262 e. The Kier molecular flexibility index (Phi) is 7.05. The normalized spacial score (nSPS) is 14.1. The van der Waals surface area contributed by atoms with Gasteiger partial charge in [0.2, 0.25) is 0 Å². The molecule has 0 aromatic heterocycles. The summed E-state index contributed by atoms with van der Waals surface area (Å²) in [4.78, 5) is 26.7. The van der Waals surface area contributed by atoms with E-state index in [1.807, 2.05) is 4.90 Å². The first-order chi connectivity index (χ1) is 14.1. The minimum atomic E-state index is -0.386. The van der Waals surface area contributed by atoms with E-state index in [2.05, 4.69) is 5.32 Å². The largest absolute Gasteiger partial charge is 0.493 e. The van der Waals surface area contributed by atoms with Crippen molar-refractivity contribution in [2.75, 3.05) is 32.1 Å². The predicted octanol–water partition coefficient (Wildman–Crippen LogP) is 3.87. The van der Waals surface area contributed by atoms with Crippen LogP contribution < -0.4 is 14.8 Å². The lowest BCUT2D eigenvalue weighted by Gasteiger charge is -2.21. The van der Waals surface area contributed by atoms with Gasteiger partial charge in [0.25, 0.3) is 11.8 Å². The summed E-state index contributed by atoms with van der Waals surface area (Å²) in [6.07, 6.45) is 4.35.